The second-order valence-electron chi connectivity index (χ2n) is 4.78. The first-order valence-corrected chi connectivity index (χ1v) is 6.51. The highest BCUT2D eigenvalue weighted by atomic mass is 16.5. The van der Waals surface area contributed by atoms with Crippen LogP contribution in [0.2, 0.25) is 0 Å². The van der Waals surface area contributed by atoms with Gasteiger partial charge in [-0.2, -0.15) is 0 Å². The Morgan fingerprint density at radius 1 is 1.44 bits per heavy atom. The summed E-state index contributed by atoms with van der Waals surface area (Å²) in [7, 11) is 1.47. The standard InChI is InChI=1S/C13H25NO2/c1-4-12-8-6-5-7-9-14(12)11(2)10-13(15)16-3/h11-12H,4-10H2,1-3H3. The van der Waals surface area contributed by atoms with Gasteiger partial charge >= 0.3 is 5.97 Å². The van der Waals surface area contributed by atoms with E-state index < -0.39 is 0 Å². The Balaban J connectivity index is 2.55. The van der Waals surface area contributed by atoms with Gasteiger partial charge in [0.2, 0.25) is 0 Å². The maximum Gasteiger partial charge on any atom is 0.307 e. The fraction of sp³-hybridized carbons (Fsp3) is 0.923. The molecule has 0 aromatic carbocycles. The molecule has 0 aromatic heterocycles. The Bertz CT molecular complexity index is 218. The van der Waals surface area contributed by atoms with Crippen LogP contribution in [0.1, 0.15) is 52.4 Å². The van der Waals surface area contributed by atoms with E-state index in [2.05, 4.69) is 18.7 Å². The summed E-state index contributed by atoms with van der Waals surface area (Å²) >= 11 is 0. The lowest BCUT2D eigenvalue weighted by Crippen LogP contribution is -2.42. The molecule has 1 aliphatic heterocycles. The van der Waals surface area contributed by atoms with Crippen molar-refractivity contribution in [2.75, 3.05) is 13.7 Å². The number of hydrogen-bond acceptors (Lipinski definition) is 3. The highest BCUT2D eigenvalue weighted by Crippen LogP contribution is 2.22. The largest absolute Gasteiger partial charge is 0.469 e. The van der Waals surface area contributed by atoms with Gasteiger partial charge in [0.1, 0.15) is 0 Å². The van der Waals surface area contributed by atoms with Crippen LogP contribution in [0.25, 0.3) is 0 Å². The van der Waals surface area contributed by atoms with E-state index in [1.807, 2.05) is 0 Å². The lowest BCUT2D eigenvalue weighted by molar-refractivity contribution is -0.142. The predicted molar refractivity (Wildman–Crippen MR) is 65.3 cm³/mol. The van der Waals surface area contributed by atoms with Crippen LogP contribution >= 0.6 is 0 Å². The van der Waals surface area contributed by atoms with E-state index in [1.54, 1.807) is 0 Å². The SMILES string of the molecule is CCC1CCCCCN1C(C)CC(=O)OC. The Morgan fingerprint density at radius 2 is 2.19 bits per heavy atom. The van der Waals surface area contributed by atoms with Gasteiger partial charge in [-0.25, -0.2) is 0 Å². The van der Waals surface area contributed by atoms with Crippen LogP contribution in [0.3, 0.4) is 0 Å². The maximum absolute atomic E-state index is 11.3. The maximum atomic E-state index is 11.3. The molecule has 0 bridgehead atoms. The molecule has 0 aromatic rings. The average Bonchev–Trinajstić information content (AvgIpc) is 2.53. The number of rotatable bonds is 4. The Labute approximate surface area is 99.1 Å². The first kappa shape index (κ1) is 13.5. The lowest BCUT2D eigenvalue weighted by atomic mass is 10.1. The average molecular weight is 227 g/mol. The van der Waals surface area contributed by atoms with Crippen LogP contribution in [0, 0.1) is 0 Å². The smallest absolute Gasteiger partial charge is 0.307 e. The molecule has 0 N–H and O–H groups in total. The quantitative estimate of drug-likeness (QED) is 0.691. The number of likely N-dealkylation sites (tertiary alicyclic amines) is 1. The van der Waals surface area contributed by atoms with Crippen molar-refractivity contribution >= 4 is 5.97 Å². The van der Waals surface area contributed by atoms with Crippen molar-refractivity contribution in [3.8, 4) is 0 Å². The summed E-state index contributed by atoms with van der Waals surface area (Å²) in [4.78, 5) is 13.8. The zero-order valence-electron chi connectivity index (χ0n) is 10.9. The molecule has 94 valence electrons. The van der Waals surface area contributed by atoms with Crippen molar-refractivity contribution in [2.45, 2.75) is 64.5 Å². The van der Waals surface area contributed by atoms with Crippen LogP contribution in [-0.2, 0) is 9.53 Å². The summed E-state index contributed by atoms with van der Waals surface area (Å²) < 4.78 is 4.75. The predicted octanol–water partition coefficient (Wildman–Crippen LogP) is 2.59. The summed E-state index contributed by atoms with van der Waals surface area (Å²) in [5, 5.41) is 0. The molecular formula is C13H25NO2. The van der Waals surface area contributed by atoms with E-state index in [4.69, 9.17) is 4.74 Å². The van der Waals surface area contributed by atoms with Crippen LogP contribution < -0.4 is 0 Å². The van der Waals surface area contributed by atoms with Gasteiger partial charge < -0.3 is 4.74 Å². The minimum atomic E-state index is -0.0911. The Hall–Kier alpha value is -0.570. The zero-order chi connectivity index (χ0) is 12.0. The fourth-order valence-electron chi connectivity index (χ4n) is 2.66. The van der Waals surface area contributed by atoms with Gasteiger partial charge in [0, 0.05) is 12.1 Å². The second kappa shape index (κ2) is 6.89. The van der Waals surface area contributed by atoms with Gasteiger partial charge in [0.15, 0.2) is 0 Å². The second-order valence-corrected chi connectivity index (χ2v) is 4.78. The van der Waals surface area contributed by atoms with Crippen LogP contribution in [0.4, 0.5) is 0 Å². The molecule has 1 rings (SSSR count). The fourth-order valence-corrected chi connectivity index (χ4v) is 2.66. The van der Waals surface area contributed by atoms with Gasteiger partial charge in [0.25, 0.3) is 0 Å². The molecule has 1 fully saturated rings. The molecule has 16 heavy (non-hydrogen) atoms. The molecule has 2 atom stereocenters. The Morgan fingerprint density at radius 3 is 2.81 bits per heavy atom. The Kier molecular flexibility index (Phi) is 5.81. The number of carbonyl (C=O) groups excluding carboxylic acids is 1. The molecule has 1 saturated heterocycles. The number of ether oxygens (including phenoxy) is 1. The number of esters is 1. The van der Waals surface area contributed by atoms with E-state index in [0.29, 0.717) is 18.5 Å². The van der Waals surface area contributed by atoms with E-state index >= 15 is 0 Å². The molecule has 2 unspecified atom stereocenters. The molecule has 0 aliphatic carbocycles. The summed E-state index contributed by atoms with van der Waals surface area (Å²) in [6, 6.07) is 0.970. The van der Waals surface area contributed by atoms with Gasteiger partial charge in [0.05, 0.1) is 13.5 Å². The first-order chi connectivity index (χ1) is 7.69. The zero-order valence-corrected chi connectivity index (χ0v) is 10.9. The number of carbonyl (C=O) groups is 1. The highest BCUT2D eigenvalue weighted by Gasteiger charge is 2.25. The van der Waals surface area contributed by atoms with Gasteiger partial charge in [-0.3, -0.25) is 9.69 Å². The molecule has 3 heteroatoms. The molecule has 0 saturated carbocycles. The van der Waals surface area contributed by atoms with E-state index in [1.165, 1.54) is 39.2 Å². The van der Waals surface area contributed by atoms with E-state index in [-0.39, 0.29) is 5.97 Å². The van der Waals surface area contributed by atoms with E-state index in [0.717, 1.165) is 6.54 Å². The van der Waals surface area contributed by atoms with Gasteiger partial charge in [-0.05, 0) is 32.7 Å². The van der Waals surface area contributed by atoms with Crippen molar-refractivity contribution in [1.29, 1.82) is 0 Å². The van der Waals surface area contributed by atoms with Crippen molar-refractivity contribution in [3.63, 3.8) is 0 Å². The molecule has 0 spiro atoms. The van der Waals surface area contributed by atoms with Crippen molar-refractivity contribution in [2.24, 2.45) is 0 Å². The van der Waals surface area contributed by atoms with E-state index in [9.17, 15) is 4.79 Å². The monoisotopic (exact) mass is 227 g/mol. The highest BCUT2D eigenvalue weighted by molar-refractivity contribution is 5.69. The van der Waals surface area contributed by atoms with Crippen molar-refractivity contribution < 1.29 is 9.53 Å². The molecule has 1 heterocycles. The summed E-state index contributed by atoms with van der Waals surface area (Å²) in [6.45, 7) is 5.52. The molecule has 3 nitrogen and oxygen atoms in total. The van der Waals surface area contributed by atoms with Crippen LogP contribution in [0.15, 0.2) is 0 Å². The normalized spacial score (nSPS) is 24.8. The summed E-state index contributed by atoms with van der Waals surface area (Å²) in [5.41, 5.74) is 0. The minimum Gasteiger partial charge on any atom is -0.469 e. The third-order valence-electron chi connectivity index (χ3n) is 3.65. The molecule has 0 radical (unpaired) electrons. The van der Waals surface area contributed by atoms with Gasteiger partial charge in [-0.1, -0.05) is 19.8 Å². The minimum absolute atomic E-state index is 0.0911. The third-order valence-corrected chi connectivity index (χ3v) is 3.65. The van der Waals surface area contributed by atoms with Crippen molar-refractivity contribution in [1.82, 2.24) is 4.90 Å². The number of hydrogen-bond donors (Lipinski definition) is 0. The summed E-state index contributed by atoms with van der Waals surface area (Å²) in [5.74, 6) is -0.0911. The van der Waals surface area contributed by atoms with Crippen LogP contribution in [0.5, 0.6) is 0 Å². The number of nitrogens with zero attached hydrogens (tertiary/aromatic N) is 1. The third kappa shape index (κ3) is 3.78. The lowest BCUT2D eigenvalue weighted by Gasteiger charge is -2.34. The van der Waals surface area contributed by atoms with Gasteiger partial charge in [-0.15, -0.1) is 0 Å². The first-order valence-electron chi connectivity index (χ1n) is 6.51. The van der Waals surface area contributed by atoms with Crippen molar-refractivity contribution in [3.05, 3.63) is 0 Å². The molecule has 0 amide bonds. The summed E-state index contributed by atoms with van der Waals surface area (Å²) in [6.07, 6.45) is 6.92. The number of methoxy groups -OCH3 is 1. The van der Waals surface area contributed by atoms with Crippen LogP contribution in [-0.4, -0.2) is 36.6 Å². The molecule has 1 aliphatic rings. The topological polar surface area (TPSA) is 29.5 Å². The molecular weight excluding hydrogens is 202 g/mol.